The molecule has 0 spiro atoms. The third-order valence-corrected chi connectivity index (χ3v) is 4.53. The smallest absolute Gasteiger partial charge is 0.326 e. The van der Waals surface area contributed by atoms with Gasteiger partial charge in [0.05, 0.1) is 6.04 Å². The van der Waals surface area contributed by atoms with Crippen LogP contribution in [0.3, 0.4) is 0 Å². The number of carboxylic acid groups (broad SMARTS) is 1. The van der Waals surface area contributed by atoms with E-state index in [-0.39, 0.29) is 31.1 Å². The minimum absolute atomic E-state index is 0.0529. The number of aliphatic carboxylic acids is 1. The summed E-state index contributed by atoms with van der Waals surface area (Å²) in [7, 11) is 1.45. The first-order valence-corrected chi connectivity index (χ1v) is 9.97. The molecule has 0 saturated carbocycles. The Morgan fingerprint density at radius 3 is 2.13 bits per heavy atom. The highest BCUT2D eigenvalue weighted by Crippen LogP contribution is 2.07. The van der Waals surface area contributed by atoms with Gasteiger partial charge >= 0.3 is 5.97 Å². The van der Waals surface area contributed by atoms with Gasteiger partial charge in [-0.1, -0.05) is 44.2 Å². The summed E-state index contributed by atoms with van der Waals surface area (Å²) in [4.78, 5) is 48.2. The molecule has 0 aliphatic carbocycles. The fraction of sp³-hybridized carbons (Fsp3) is 0.524. The van der Waals surface area contributed by atoms with E-state index in [0.29, 0.717) is 6.42 Å². The summed E-state index contributed by atoms with van der Waals surface area (Å²) in [5.74, 6) is -2.50. The lowest BCUT2D eigenvalue weighted by Crippen LogP contribution is -2.55. The molecule has 0 aliphatic heterocycles. The molecule has 6 N–H and O–H groups in total. The van der Waals surface area contributed by atoms with Crippen molar-refractivity contribution in [3.63, 3.8) is 0 Å². The molecule has 0 aliphatic rings. The Morgan fingerprint density at radius 1 is 1.00 bits per heavy atom. The molecule has 0 bridgehead atoms. The normalized spacial score (nSPS) is 13.8. The van der Waals surface area contributed by atoms with Crippen LogP contribution in [0.25, 0.3) is 0 Å². The SMILES string of the molecule is CNC(=O)CCC(NC(=O)[C@H](Cc1ccccc1)NC(=O)[C@@H](N)CC(C)C)C(=O)O. The fourth-order valence-corrected chi connectivity index (χ4v) is 2.88. The molecule has 3 amide bonds. The Bertz CT molecular complexity index is 723. The summed E-state index contributed by atoms with van der Waals surface area (Å²) in [5.41, 5.74) is 6.72. The summed E-state index contributed by atoms with van der Waals surface area (Å²) in [5, 5.41) is 16.9. The zero-order chi connectivity index (χ0) is 22.7. The molecule has 166 valence electrons. The van der Waals surface area contributed by atoms with Crippen LogP contribution in [-0.4, -0.2) is 54.0 Å². The van der Waals surface area contributed by atoms with Gasteiger partial charge in [0.25, 0.3) is 0 Å². The van der Waals surface area contributed by atoms with Gasteiger partial charge in [0, 0.05) is 19.9 Å². The maximum absolute atomic E-state index is 12.8. The Kier molecular flexibility index (Phi) is 10.5. The summed E-state index contributed by atoms with van der Waals surface area (Å²) >= 11 is 0. The van der Waals surface area contributed by atoms with Crippen LogP contribution in [0.15, 0.2) is 30.3 Å². The molecule has 1 aromatic carbocycles. The number of rotatable bonds is 12. The summed E-state index contributed by atoms with van der Waals surface area (Å²) < 4.78 is 0. The lowest BCUT2D eigenvalue weighted by molar-refractivity contribution is -0.142. The number of nitrogens with two attached hydrogens (primary N) is 1. The monoisotopic (exact) mass is 420 g/mol. The first-order valence-electron chi connectivity index (χ1n) is 9.97. The topological polar surface area (TPSA) is 151 Å². The van der Waals surface area contributed by atoms with Crippen LogP contribution in [0, 0.1) is 5.92 Å². The van der Waals surface area contributed by atoms with E-state index < -0.39 is 35.9 Å². The molecule has 0 saturated heterocycles. The zero-order valence-corrected chi connectivity index (χ0v) is 17.7. The summed E-state index contributed by atoms with van der Waals surface area (Å²) in [6, 6.07) is 6.02. The number of hydrogen-bond acceptors (Lipinski definition) is 5. The molecular formula is C21H32N4O5. The van der Waals surface area contributed by atoms with E-state index in [4.69, 9.17) is 5.73 Å². The van der Waals surface area contributed by atoms with Gasteiger partial charge in [0.15, 0.2) is 0 Å². The number of carbonyl (C=O) groups is 4. The molecule has 0 heterocycles. The largest absolute Gasteiger partial charge is 0.480 e. The van der Waals surface area contributed by atoms with Crippen molar-refractivity contribution in [3.05, 3.63) is 35.9 Å². The maximum Gasteiger partial charge on any atom is 0.326 e. The molecule has 1 unspecified atom stereocenters. The van der Waals surface area contributed by atoms with Crippen molar-refractivity contribution in [1.82, 2.24) is 16.0 Å². The molecule has 1 rings (SSSR count). The van der Waals surface area contributed by atoms with Crippen molar-refractivity contribution in [1.29, 1.82) is 0 Å². The predicted octanol–water partition coefficient (Wildman–Crippen LogP) is 0.183. The van der Waals surface area contributed by atoms with Gasteiger partial charge in [0.1, 0.15) is 12.1 Å². The average Bonchev–Trinajstić information content (AvgIpc) is 2.69. The lowest BCUT2D eigenvalue weighted by Gasteiger charge is -2.23. The van der Waals surface area contributed by atoms with Gasteiger partial charge < -0.3 is 26.8 Å². The Balaban J connectivity index is 2.92. The number of amides is 3. The summed E-state index contributed by atoms with van der Waals surface area (Å²) in [6.45, 7) is 3.87. The molecule has 0 fully saturated rings. The minimum atomic E-state index is -1.26. The standard InChI is InChI=1S/C21H32N4O5/c1-13(2)11-15(22)19(27)25-17(12-14-7-5-4-6-8-14)20(28)24-16(21(29)30)9-10-18(26)23-3/h4-8,13,15-17H,9-12,22H2,1-3H3,(H,23,26)(H,24,28)(H,25,27)(H,29,30)/t15-,16?,17-/m0/s1. The molecule has 1 aromatic rings. The van der Waals surface area contributed by atoms with E-state index in [1.807, 2.05) is 19.9 Å². The second-order valence-electron chi connectivity index (χ2n) is 7.60. The van der Waals surface area contributed by atoms with Gasteiger partial charge in [-0.05, 0) is 24.3 Å². The fourth-order valence-electron chi connectivity index (χ4n) is 2.88. The number of carbonyl (C=O) groups excluding carboxylic acids is 3. The van der Waals surface area contributed by atoms with Crippen LogP contribution < -0.4 is 21.7 Å². The average molecular weight is 421 g/mol. The number of benzene rings is 1. The van der Waals surface area contributed by atoms with Gasteiger partial charge in [-0.25, -0.2) is 4.79 Å². The highest BCUT2D eigenvalue weighted by molar-refractivity contribution is 5.92. The second-order valence-corrected chi connectivity index (χ2v) is 7.60. The Morgan fingerprint density at radius 2 is 1.60 bits per heavy atom. The third-order valence-electron chi connectivity index (χ3n) is 4.53. The molecule has 0 radical (unpaired) electrons. The second kappa shape index (κ2) is 12.6. The van der Waals surface area contributed by atoms with Gasteiger partial charge in [0.2, 0.25) is 17.7 Å². The molecule has 30 heavy (non-hydrogen) atoms. The van der Waals surface area contributed by atoms with Crippen molar-refractivity contribution >= 4 is 23.7 Å². The van der Waals surface area contributed by atoms with Crippen LogP contribution in [0.5, 0.6) is 0 Å². The highest BCUT2D eigenvalue weighted by atomic mass is 16.4. The lowest BCUT2D eigenvalue weighted by atomic mass is 10.0. The molecule has 9 nitrogen and oxygen atoms in total. The van der Waals surface area contributed by atoms with Gasteiger partial charge in [-0.3, -0.25) is 14.4 Å². The predicted molar refractivity (Wildman–Crippen MR) is 112 cm³/mol. The maximum atomic E-state index is 12.8. The van der Waals surface area contributed by atoms with Crippen LogP contribution in [0.1, 0.15) is 38.7 Å². The molecule has 9 heteroatoms. The summed E-state index contributed by atoms with van der Waals surface area (Å²) in [6.07, 6.45) is 0.506. The number of hydrogen-bond donors (Lipinski definition) is 5. The van der Waals surface area contributed by atoms with Crippen molar-refractivity contribution in [2.24, 2.45) is 11.7 Å². The van der Waals surface area contributed by atoms with Gasteiger partial charge in [-0.2, -0.15) is 0 Å². The van der Waals surface area contributed by atoms with E-state index in [2.05, 4.69) is 16.0 Å². The van der Waals surface area contributed by atoms with Crippen molar-refractivity contribution in [2.75, 3.05) is 7.05 Å². The van der Waals surface area contributed by atoms with Crippen molar-refractivity contribution in [3.8, 4) is 0 Å². The van der Waals surface area contributed by atoms with Crippen molar-refractivity contribution in [2.45, 2.75) is 57.7 Å². The third kappa shape index (κ3) is 9.04. The van der Waals surface area contributed by atoms with E-state index in [1.165, 1.54) is 7.05 Å². The molecule has 3 atom stereocenters. The molecule has 0 aromatic heterocycles. The van der Waals surface area contributed by atoms with Gasteiger partial charge in [-0.15, -0.1) is 0 Å². The van der Waals surface area contributed by atoms with E-state index in [9.17, 15) is 24.3 Å². The number of nitrogens with one attached hydrogen (secondary N) is 3. The molecular weight excluding hydrogens is 388 g/mol. The Hall–Kier alpha value is -2.94. The van der Waals surface area contributed by atoms with Crippen LogP contribution in [-0.2, 0) is 25.6 Å². The number of carboxylic acids is 1. The quantitative estimate of drug-likeness (QED) is 0.325. The van der Waals surface area contributed by atoms with E-state index in [0.717, 1.165) is 5.56 Å². The first-order chi connectivity index (χ1) is 14.1. The zero-order valence-electron chi connectivity index (χ0n) is 17.7. The first kappa shape index (κ1) is 25.1. The van der Waals surface area contributed by atoms with E-state index >= 15 is 0 Å². The van der Waals surface area contributed by atoms with Crippen LogP contribution in [0.4, 0.5) is 0 Å². The van der Waals surface area contributed by atoms with Crippen LogP contribution in [0.2, 0.25) is 0 Å². The Labute approximate surface area is 176 Å². The minimum Gasteiger partial charge on any atom is -0.480 e. The van der Waals surface area contributed by atoms with E-state index in [1.54, 1.807) is 24.3 Å². The highest BCUT2D eigenvalue weighted by Gasteiger charge is 2.28. The van der Waals surface area contributed by atoms with Crippen molar-refractivity contribution < 1.29 is 24.3 Å². The van der Waals surface area contributed by atoms with Crippen LogP contribution >= 0.6 is 0 Å².